The molecule has 1 aliphatic rings. The molecule has 3 heterocycles. The molecule has 2 aromatic carbocycles. The van der Waals surface area contributed by atoms with E-state index in [0.29, 0.717) is 29.6 Å². The average Bonchev–Trinajstić information content (AvgIpc) is 3.33. The highest BCUT2D eigenvalue weighted by atomic mass is 16.5. The summed E-state index contributed by atoms with van der Waals surface area (Å²) in [7, 11) is 3.26. The summed E-state index contributed by atoms with van der Waals surface area (Å²) in [5, 5.41) is 13.7. The van der Waals surface area contributed by atoms with Crippen molar-refractivity contribution in [2.45, 2.75) is 32.4 Å². The van der Waals surface area contributed by atoms with Gasteiger partial charge in [-0.05, 0) is 83.6 Å². The average molecular weight is 475 g/mol. The molecule has 0 radical (unpaired) electrons. The summed E-state index contributed by atoms with van der Waals surface area (Å²) >= 11 is 0. The van der Waals surface area contributed by atoms with E-state index in [9.17, 15) is 4.79 Å². The van der Waals surface area contributed by atoms with Crippen molar-refractivity contribution in [2.75, 3.05) is 27.3 Å². The zero-order valence-corrected chi connectivity index (χ0v) is 20.3. The van der Waals surface area contributed by atoms with Crippen molar-refractivity contribution in [1.29, 1.82) is 0 Å². The van der Waals surface area contributed by atoms with E-state index < -0.39 is 0 Å². The summed E-state index contributed by atoms with van der Waals surface area (Å²) in [6.07, 6.45) is 2.14. The third-order valence-corrected chi connectivity index (χ3v) is 6.86. The second-order valence-electron chi connectivity index (χ2n) is 9.17. The van der Waals surface area contributed by atoms with E-state index in [1.54, 1.807) is 18.9 Å². The van der Waals surface area contributed by atoms with Crippen molar-refractivity contribution >= 4 is 10.9 Å². The van der Waals surface area contributed by atoms with E-state index in [4.69, 9.17) is 9.47 Å². The smallest absolute Gasteiger partial charge is 0.253 e. The minimum Gasteiger partial charge on any atom is -0.497 e. The van der Waals surface area contributed by atoms with E-state index >= 15 is 0 Å². The van der Waals surface area contributed by atoms with Gasteiger partial charge >= 0.3 is 0 Å². The van der Waals surface area contributed by atoms with Crippen LogP contribution in [0.3, 0.4) is 0 Å². The number of nitrogens with zero attached hydrogens (tertiary/aromatic N) is 5. The maximum Gasteiger partial charge on any atom is 0.253 e. The van der Waals surface area contributed by atoms with Crippen LogP contribution in [-0.4, -0.2) is 57.4 Å². The van der Waals surface area contributed by atoms with Crippen molar-refractivity contribution in [1.82, 2.24) is 30.1 Å². The second kappa shape index (κ2) is 9.87. The van der Waals surface area contributed by atoms with Crippen LogP contribution in [0, 0.1) is 5.92 Å². The molecular weight excluding hydrogens is 444 g/mol. The minimum absolute atomic E-state index is 0.145. The van der Waals surface area contributed by atoms with Gasteiger partial charge in [0.05, 0.1) is 26.3 Å². The number of nitrogens with one attached hydrogen (secondary N) is 1. The normalized spacial score (nSPS) is 15.9. The quantitative estimate of drug-likeness (QED) is 0.438. The predicted octanol–water partition coefficient (Wildman–Crippen LogP) is 3.40. The van der Waals surface area contributed by atoms with E-state index in [1.165, 1.54) is 0 Å². The first kappa shape index (κ1) is 23.0. The molecule has 0 bridgehead atoms. The number of ether oxygens (including phenoxy) is 2. The van der Waals surface area contributed by atoms with Gasteiger partial charge in [0.1, 0.15) is 17.5 Å². The summed E-state index contributed by atoms with van der Waals surface area (Å²) in [4.78, 5) is 18.8. The second-order valence-corrected chi connectivity index (χ2v) is 9.17. The van der Waals surface area contributed by atoms with Gasteiger partial charge in [0.15, 0.2) is 5.82 Å². The van der Waals surface area contributed by atoms with Crippen molar-refractivity contribution < 1.29 is 9.47 Å². The number of H-pyrrole nitrogens is 1. The standard InChI is InChI=1S/C26H30N6O3/c1-17-10-12-31(13-11-17)24(22-14-19-6-9-21(35-3)15-23(19)27-26(22)33)25-28-29-30-32(25)16-18-4-7-20(34-2)8-5-18/h4-9,14-15,17,24H,10-13,16H2,1-3H3,(H,27,33)/t24-/m1/s1. The van der Waals surface area contributed by atoms with Gasteiger partial charge in [0.25, 0.3) is 5.56 Å². The lowest BCUT2D eigenvalue weighted by Gasteiger charge is -2.35. The zero-order valence-electron chi connectivity index (χ0n) is 20.3. The van der Waals surface area contributed by atoms with Crippen molar-refractivity contribution in [2.24, 2.45) is 5.92 Å². The molecule has 2 aromatic heterocycles. The van der Waals surface area contributed by atoms with Gasteiger partial charge in [-0.1, -0.05) is 19.1 Å². The number of benzene rings is 2. The minimum atomic E-state index is -0.356. The SMILES string of the molecule is COc1ccc(Cn2nnnc2[C@@H](c2cc3ccc(OC)cc3[nH]c2=O)N2CCC(C)CC2)cc1. The van der Waals surface area contributed by atoms with Crippen LogP contribution in [0.4, 0.5) is 0 Å². The van der Waals surface area contributed by atoms with Gasteiger partial charge in [0, 0.05) is 11.6 Å². The Bertz CT molecular complexity index is 1360. The molecule has 9 heteroatoms. The third-order valence-electron chi connectivity index (χ3n) is 6.86. The lowest BCUT2D eigenvalue weighted by molar-refractivity contribution is 0.149. The molecule has 1 N–H and O–H groups in total. The highest BCUT2D eigenvalue weighted by Gasteiger charge is 2.32. The molecule has 0 spiro atoms. The summed E-state index contributed by atoms with van der Waals surface area (Å²) in [5.74, 6) is 2.81. The molecule has 1 saturated heterocycles. The van der Waals surface area contributed by atoms with Gasteiger partial charge in [-0.2, -0.15) is 0 Å². The van der Waals surface area contributed by atoms with Gasteiger partial charge in [0.2, 0.25) is 0 Å². The Kier molecular flexibility index (Phi) is 6.50. The van der Waals surface area contributed by atoms with Crippen LogP contribution in [-0.2, 0) is 6.54 Å². The predicted molar refractivity (Wildman–Crippen MR) is 133 cm³/mol. The molecular formula is C26H30N6O3. The largest absolute Gasteiger partial charge is 0.497 e. The van der Waals surface area contributed by atoms with Crippen LogP contribution in [0.25, 0.3) is 10.9 Å². The molecule has 0 saturated carbocycles. The first-order valence-corrected chi connectivity index (χ1v) is 11.9. The lowest BCUT2D eigenvalue weighted by atomic mass is 9.95. The molecule has 4 aromatic rings. The summed E-state index contributed by atoms with van der Waals surface area (Å²) < 4.78 is 12.4. The molecule has 0 amide bonds. The number of pyridine rings is 1. The number of piperidine rings is 1. The number of likely N-dealkylation sites (tertiary alicyclic amines) is 1. The number of tetrazole rings is 1. The number of methoxy groups -OCH3 is 2. The topological polar surface area (TPSA) is 98.2 Å². The number of hydrogen-bond acceptors (Lipinski definition) is 7. The Morgan fingerprint density at radius 3 is 2.46 bits per heavy atom. The van der Waals surface area contributed by atoms with Crippen LogP contribution in [0.1, 0.15) is 42.8 Å². The molecule has 35 heavy (non-hydrogen) atoms. The van der Waals surface area contributed by atoms with Crippen molar-refractivity contribution in [3.05, 3.63) is 75.8 Å². The number of aromatic amines is 1. The van der Waals surface area contributed by atoms with E-state index in [2.05, 4.69) is 32.3 Å². The highest BCUT2D eigenvalue weighted by molar-refractivity contribution is 5.80. The van der Waals surface area contributed by atoms with Crippen LogP contribution >= 0.6 is 0 Å². The Balaban J connectivity index is 1.57. The molecule has 0 aliphatic carbocycles. The van der Waals surface area contributed by atoms with Crippen molar-refractivity contribution in [3.8, 4) is 11.5 Å². The van der Waals surface area contributed by atoms with E-state index in [-0.39, 0.29) is 11.6 Å². The molecule has 1 aliphatic heterocycles. The lowest BCUT2D eigenvalue weighted by Crippen LogP contribution is -2.40. The number of fused-ring (bicyclic) bond motifs is 1. The van der Waals surface area contributed by atoms with E-state index in [0.717, 1.165) is 48.1 Å². The van der Waals surface area contributed by atoms with E-state index in [1.807, 2.05) is 48.5 Å². The highest BCUT2D eigenvalue weighted by Crippen LogP contribution is 2.31. The molecule has 1 atom stereocenters. The molecule has 182 valence electrons. The molecule has 1 fully saturated rings. The van der Waals surface area contributed by atoms with Crippen molar-refractivity contribution in [3.63, 3.8) is 0 Å². The maximum absolute atomic E-state index is 13.4. The van der Waals surface area contributed by atoms with Gasteiger partial charge in [-0.15, -0.1) is 5.10 Å². The van der Waals surface area contributed by atoms with Crippen LogP contribution in [0.2, 0.25) is 0 Å². The van der Waals surface area contributed by atoms with Gasteiger partial charge < -0.3 is 14.5 Å². The summed E-state index contributed by atoms with van der Waals surface area (Å²) in [6, 6.07) is 15.1. The molecule has 5 rings (SSSR count). The number of hydrogen-bond donors (Lipinski definition) is 1. The molecule has 9 nitrogen and oxygen atoms in total. The fraction of sp³-hybridized carbons (Fsp3) is 0.385. The summed E-state index contributed by atoms with van der Waals surface area (Å²) in [6.45, 7) is 4.52. The Hall–Kier alpha value is -3.72. The van der Waals surface area contributed by atoms with Crippen LogP contribution in [0.15, 0.2) is 53.3 Å². The summed E-state index contributed by atoms with van der Waals surface area (Å²) in [5.41, 5.74) is 2.28. The fourth-order valence-electron chi connectivity index (χ4n) is 4.74. The number of aromatic nitrogens is 5. The molecule has 0 unspecified atom stereocenters. The van der Waals surface area contributed by atoms with Gasteiger partial charge in [-0.3, -0.25) is 9.69 Å². The first-order chi connectivity index (χ1) is 17.1. The fourth-order valence-corrected chi connectivity index (χ4v) is 4.74. The maximum atomic E-state index is 13.4. The Morgan fingerprint density at radius 2 is 1.74 bits per heavy atom. The van der Waals surface area contributed by atoms with Gasteiger partial charge in [-0.25, -0.2) is 4.68 Å². The number of rotatable bonds is 7. The Labute approximate surface area is 203 Å². The monoisotopic (exact) mass is 474 g/mol. The first-order valence-electron chi connectivity index (χ1n) is 11.9. The third kappa shape index (κ3) is 4.77. The van der Waals surface area contributed by atoms with Crippen LogP contribution in [0.5, 0.6) is 11.5 Å². The zero-order chi connectivity index (χ0) is 24.4. The van der Waals surface area contributed by atoms with Crippen LogP contribution < -0.4 is 15.0 Å². The Morgan fingerprint density at radius 1 is 1.03 bits per heavy atom.